The molecule has 4 heteroatoms. The number of furan rings is 1. The molecule has 0 atom stereocenters. The molecule has 0 bridgehead atoms. The van der Waals surface area contributed by atoms with Crippen LogP contribution in [-0.4, -0.2) is 15.0 Å². The summed E-state index contributed by atoms with van der Waals surface area (Å²) >= 11 is 0. The zero-order valence-electron chi connectivity index (χ0n) is 5.14. The van der Waals surface area contributed by atoms with E-state index < -0.39 is 0 Å². The molecule has 0 unspecified atom stereocenters. The standard InChI is InChI=1S/C6H5N3O/c1-2-6(10-5-1)9-4-3-7-8-9/h1-5H. The first-order valence-electron chi connectivity index (χ1n) is 2.87. The van der Waals surface area contributed by atoms with Crippen molar-refractivity contribution in [2.24, 2.45) is 0 Å². The number of nitrogens with zero attached hydrogens (tertiary/aromatic N) is 3. The maximum atomic E-state index is 5.04. The van der Waals surface area contributed by atoms with Crippen LogP contribution in [0.4, 0.5) is 0 Å². The summed E-state index contributed by atoms with van der Waals surface area (Å²) in [6.45, 7) is 0. The van der Waals surface area contributed by atoms with Gasteiger partial charge in [0.2, 0.25) is 5.88 Å². The molecule has 2 heterocycles. The van der Waals surface area contributed by atoms with E-state index in [2.05, 4.69) is 10.3 Å². The Morgan fingerprint density at radius 3 is 3.10 bits per heavy atom. The van der Waals surface area contributed by atoms with Gasteiger partial charge in [0.1, 0.15) is 0 Å². The molecular formula is C6H5N3O. The highest BCUT2D eigenvalue weighted by Crippen LogP contribution is 2.03. The van der Waals surface area contributed by atoms with Crippen LogP contribution in [0.15, 0.2) is 35.2 Å². The third-order valence-electron chi connectivity index (χ3n) is 1.15. The van der Waals surface area contributed by atoms with Crippen LogP contribution in [0.25, 0.3) is 5.88 Å². The normalized spacial score (nSPS) is 10.0. The van der Waals surface area contributed by atoms with Gasteiger partial charge in [0.15, 0.2) is 0 Å². The van der Waals surface area contributed by atoms with Gasteiger partial charge in [-0.15, -0.1) is 5.10 Å². The van der Waals surface area contributed by atoms with Crippen molar-refractivity contribution >= 4 is 0 Å². The smallest absolute Gasteiger partial charge is 0.221 e. The van der Waals surface area contributed by atoms with E-state index in [1.807, 2.05) is 6.07 Å². The molecule has 0 N–H and O–H groups in total. The summed E-state index contributed by atoms with van der Waals surface area (Å²) < 4.78 is 6.59. The average Bonchev–Trinajstić information content (AvgIpc) is 2.59. The van der Waals surface area contributed by atoms with Gasteiger partial charge < -0.3 is 4.42 Å². The van der Waals surface area contributed by atoms with Crippen molar-refractivity contribution in [2.45, 2.75) is 0 Å². The fourth-order valence-corrected chi connectivity index (χ4v) is 0.726. The first kappa shape index (κ1) is 5.22. The molecule has 50 valence electrons. The fourth-order valence-electron chi connectivity index (χ4n) is 0.726. The van der Waals surface area contributed by atoms with Gasteiger partial charge >= 0.3 is 0 Å². The lowest BCUT2D eigenvalue weighted by Gasteiger charge is -1.88. The Kier molecular flexibility index (Phi) is 1.04. The van der Waals surface area contributed by atoms with Crippen LogP contribution in [-0.2, 0) is 0 Å². The van der Waals surface area contributed by atoms with Crippen LogP contribution < -0.4 is 0 Å². The molecule has 4 nitrogen and oxygen atoms in total. The van der Waals surface area contributed by atoms with Crippen molar-refractivity contribution in [1.29, 1.82) is 0 Å². The molecule has 0 aliphatic rings. The highest BCUT2D eigenvalue weighted by atomic mass is 16.3. The zero-order valence-corrected chi connectivity index (χ0v) is 5.14. The van der Waals surface area contributed by atoms with Crippen molar-refractivity contribution in [1.82, 2.24) is 15.0 Å². The van der Waals surface area contributed by atoms with Gasteiger partial charge in [-0.05, 0) is 6.07 Å². The zero-order chi connectivity index (χ0) is 6.81. The molecule has 0 amide bonds. The second-order valence-corrected chi connectivity index (χ2v) is 1.80. The first-order chi connectivity index (χ1) is 4.97. The summed E-state index contributed by atoms with van der Waals surface area (Å²) in [7, 11) is 0. The van der Waals surface area contributed by atoms with Crippen molar-refractivity contribution in [2.75, 3.05) is 0 Å². The number of aromatic nitrogens is 3. The van der Waals surface area contributed by atoms with E-state index in [0.717, 1.165) is 0 Å². The van der Waals surface area contributed by atoms with Gasteiger partial charge in [0.25, 0.3) is 0 Å². The van der Waals surface area contributed by atoms with E-state index >= 15 is 0 Å². The monoisotopic (exact) mass is 135 g/mol. The van der Waals surface area contributed by atoms with E-state index in [9.17, 15) is 0 Å². The maximum Gasteiger partial charge on any atom is 0.221 e. The summed E-state index contributed by atoms with van der Waals surface area (Å²) in [5.74, 6) is 0.678. The molecule has 0 aliphatic carbocycles. The van der Waals surface area contributed by atoms with Crippen LogP contribution in [0.5, 0.6) is 0 Å². The van der Waals surface area contributed by atoms with E-state index in [0.29, 0.717) is 5.88 Å². The topological polar surface area (TPSA) is 43.9 Å². The molecule has 10 heavy (non-hydrogen) atoms. The van der Waals surface area contributed by atoms with Crippen molar-refractivity contribution in [3.63, 3.8) is 0 Å². The molecule has 2 aromatic heterocycles. The van der Waals surface area contributed by atoms with Crippen molar-refractivity contribution in [3.8, 4) is 5.88 Å². The highest BCUT2D eigenvalue weighted by Gasteiger charge is 1.95. The summed E-state index contributed by atoms with van der Waals surface area (Å²) in [6.07, 6.45) is 4.92. The summed E-state index contributed by atoms with van der Waals surface area (Å²) in [6, 6.07) is 3.62. The molecule has 2 aromatic rings. The van der Waals surface area contributed by atoms with Crippen LogP contribution in [0.2, 0.25) is 0 Å². The Labute approximate surface area is 57.1 Å². The highest BCUT2D eigenvalue weighted by molar-refractivity contribution is 5.14. The number of hydrogen-bond donors (Lipinski definition) is 0. The Bertz CT molecular complexity index is 252. The van der Waals surface area contributed by atoms with Gasteiger partial charge in [-0.25, -0.2) is 0 Å². The molecule has 0 radical (unpaired) electrons. The second-order valence-electron chi connectivity index (χ2n) is 1.80. The van der Waals surface area contributed by atoms with E-state index in [-0.39, 0.29) is 0 Å². The lowest BCUT2D eigenvalue weighted by atomic mass is 10.6. The maximum absolute atomic E-state index is 5.04. The van der Waals surface area contributed by atoms with Crippen molar-refractivity contribution in [3.05, 3.63) is 30.8 Å². The van der Waals surface area contributed by atoms with Crippen molar-refractivity contribution < 1.29 is 4.42 Å². The predicted octanol–water partition coefficient (Wildman–Crippen LogP) is 0.860. The second kappa shape index (κ2) is 1.98. The molecule has 0 spiro atoms. The lowest BCUT2D eigenvalue weighted by molar-refractivity contribution is 0.517. The molecule has 0 saturated carbocycles. The fraction of sp³-hybridized carbons (Fsp3) is 0. The molecule has 2 rings (SSSR count). The number of hydrogen-bond acceptors (Lipinski definition) is 3. The summed E-state index contributed by atoms with van der Waals surface area (Å²) in [5.41, 5.74) is 0. The van der Waals surface area contributed by atoms with E-state index in [4.69, 9.17) is 4.42 Å². The minimum absolute atomic E-state index is 0.678. The molecule has 0 aromatic carbocycles. The van der Waals surface area contributed by atoms with Gasteiger partial charge in [0.05, 0.1) is 18.7 Å². The molecule has 0 saturated heterocycles. The van der Waals surface area contributed by atoms with Gasteiger partial charge in [0, 0.05) is 6.07 Å². The number of rotatable bonds is 1. The summed E-state index contributed by atoms with van der Waals surface area (Å²) in [5, 5.41) is 7.36. The van der Waals surface area contributed by atoms with E-state index in [1.165, 1.54) is 0 Å². The Morgan fingerprint density at radius 1 is 1.50 bits per heavy atom. The Morgan fingerprint density at radius 2 is 2.50 bits per heavy atom. The van der Waals surface area contributed by atoms with Gasteiger partial charge in [-0.1, -0.05) is 5.21 Å². The third-order valence-corrected chi connectivity index (χ3v) is 1.15. The average molecular weight is 135 g/mol. The minimum atomic E-state index is 0.678. The van der Waals surface area contributed by atoms with Crippen LogP contribution in [0.3, 0.4) is 0 Å². The third kappa shape index (κ3) is 0.699. The van der Waals surface area contributed by atoms with Gasteiger partial charge in [-0.2, -0.15) is 4.68 Å². The SMILES string of the molecule is c1coc(-n2ccnn2)c1. The van der Waals surface area contributed by atoms with Crippen LogP contribution >= 0.6 is 0 Å². The summed E-state index contributed by atoms with van der Waals surface area (Å²) in [4.78, 5) is 0. The first-order valence-corrected chi connectivity index (χ1v) is 2.87. The molecule has 0 aliphatic heterocycles. The van der Waals surface area contributed by atoms with Crippen LogP contribution in [0, 0.1) is 0 Å². The van der Waals surface area contributed by atoms with E-state index in [1.54, 1.807) is 29.4 Å². The van der Waals surface area contributed by atoms with Gasteiger partial charge in [-0.3, -0.25) is 0 Å². The Hall–Kier alpha value is -1.58. The molecular weight excluding hydrogens is 130 g/mol. The largest absolute Gasteiger partial charge is 0.447 e. The minimum Gasteiger partial charge on any atom is -0.447 e. The predicted molar refractivity (Wildman–Crippen MR) is 33.6 cm³/mol. The Balaban J connectivity index is 2.48. The quantitative estimate of drug-likeness (QED) is 0.582. The molecule has 0 fully saturated rings. The van der Waals surface area contributed by atoms with Crippen LogP contribution in [0.1, 0.15) is 0 Å². The lowest BCUT2D eigenvalue weighted by Crippen LogP contribution is -1.91.